The molecule has 0 bridgehead atoms. The summed E-state index contributed by atoms with van der Waals surface area (Å²) in [4.78, 5) is 45.3. The lowest BCUT2D eigenvalue weighted by molar-refractivity contribution is 0.0377. The van der Waals surface area contributed by atoms with Crippen LogP contribution in [-0.2, 0) is 11.3 Å². The molecule has 9 rings (SSSR count). The van der Waals surface area contributed by atoms with Crippen molar-refractivity contribution < 1.29 is 19.9 Å². The number of aryl methyl sites for hydroxylation is 1. The Bertz CT molecular complexity index is 2110. The van der Waals surface area contributed by atoms with Crippen molar-refractivity contribution in [1.29, 1.82) is 0 Å². The average Bonchev–Trinajstić information content (AvgIpc) is 3.92. The van der Waals surface area contributed by atoms with Crippen LogP contribution in [0.1, 0.15) is 58.3 Å². The number of nitrogens with zero attached hydrogens (tertiary/aromatic N) is 5. The van der Waals surface area contributed by atoms with Crippen LogP contribution in [0.15, 0.2) is 97.1 Å². The topological polar surface area (TPSA) is 130 Å². The number of fused-ring (bicyclic) bond motifs is 6. The van der Waals surface area contributed by atoms with Gasteiger partial charge in [-0.05, 0) is 60.4 Å². The van der Waals surface area contributed by atoms with Crippen LogP contribution in [-0.4, -0.2) is 73.7 Å². The molecule has 4 aromatic carbocycles. The van der Waals surface area contributed by atoms with Gasteiger partial charge in [0.2, 0.25) is 0 Å². The van der Waals surface area contributed by atoms with Crippen LogP contribution in [0.2, 0.25) is 10.0 Å². The Hall–Kier alpha value is -4.65. The van der Waals surface area contributed by atoms with Crippen molar-refractivity contribution in [3.05, 3.63) is 151 Å². The Morgan fingerprint density at radius 2 is 1.33 bits per heavy atom. The minimum atomic E-state index is -0.994. The highest BCUT2D eigenvalue weighted by atomic mass is 35.5. The van der Waals surface area contributed by atoms with Crippen LogP contribution in [0.3, 0.4) is 0 Å². The number of hydrogen-bond donors (Lipinski definition) is 1. The van der Waals surface area contributed by atoms with Crippen molar-refractivity contribution in [2.75, 3.05) is 26.2 Å². The van der Waals surface area contributed by atoms with Gasteiger partial charge in [-0.2, -0.15) is 0 Å². The Morgan fingerprint density at radius 3 is 1.96 bits per heavy atom. The largest absolute Gasteiger partial charge is 0.412 e. The van der Waals surface area contributed by atoms with Gasteiger partial charge in [-0.15, -0.1) is 5.10 Å². The molecule has 49 heavy (non-hydrogen) atoms. The van der Waals surface area contributed by atoms with Crippen molar-refractivity contribution in [3.63, 3.8) is 0 Å². The third kappa shape index (κ3) is 4.72. The third-order valence-corrected chi connectivity index (χ3v) is 10.9. The second-order valence-electron chi connectivity index (χ2n) is 12.0. The molecule has 13 heteroatoms. The van der Waals surface area contributed by atoms with Crippen LogP contribution in [0.5, 0.6) is 0 Å². The fraction of sp³-hybridized carbons (Fsp3) is 0.194. The summed E-state index contributed by atoms with van der Waals surface area (Å²) in [5.74, 6) is -0.144. The summed E-state index contributed by atoms with van der Waals surface area (Å²) in [6, 6.07) is 30.4. The molecule has 1 aromatic heterocycles. The molecule has 4 aliphatic heterocycles. The highest BCUT2D eigenvalue weighted by Gasteiger charge is 2.60. The first-order valence-electron chi connectivity index (χ1n) is 15.5. The molecule has 2 atom stereocenters. The first kappa shape index (κ1) is 32.9. The maximum Gasteiger partial charge on any atom is 0.269 e. The van der Waals surface area contributed by atoms with E-state index in [9.17, 15) is 14.4 Å². The SMILES string of the molecule is Cc1nnsc1C(=O)N1CCN2C(=O)c3ccccc3C21c1ccc(Cl)cc1.O.O=C1c2ccccc2C2(c3ccc(Cl)cc3)NCCN12. The lowest BCUT2D eigenvalue weighted by atomic mass is 9.89. The maximum atomic E-state index is 13.5. The summed E-state index contributed by atoms with van der Waals surface area (Å²) in [6.07, 6.45) is 0. The number of carbonyl (C=O) groups excluding carboxylic acids is 3. The Morgan fingerprint density at radius 1 is 0.755 bits per heavy atom. The fourth-order valence-corrected chi connectivity index (χ4v) is 8.48. The van der Waals surface area contributed by atoms with Gasteiger partial charge in [-0.3, -0.25) is 19.7 Å². The number of amides is 3. The van der Waals surface area contributed by atoms with Gasteiger partial charge in [-0.1, -0.05) is 88.4 Å². The Balaban J connectivity index is 0.000000159. The first-order chi connectivity index (χ1) is 23.3. The van der Waals surface area contributed by atoms with Crippen LogP contribution >= 0.6 is 34.7 Å². The van der Waals surface area contributed by atoms with E-state index in [2.05, 4.69) is 14.9 Å². The molecule has 3 N–H and O–H groups in total. The molecule has 0 radical (unpaired) electrons. The highest BCUT2D eigenvalue weighted by Crippen LogP contribution is 2.50. The number of nitrogens with one attached hydrogen (secondary N) is 1. The van der Waals surface area contributed by atoms with Gasteiger partial charge in [-0.25, -0.2) is 0 Å². The molecule has 5 heterocycles. The predicted octanol–water partition coefficient (Wildman–Crippen LogP) is 5.09. The minimum absolute atomic E-state index is 0. The van der Waals surface area contributed by atoms with Gasteiger partial charge in [0.25, 0.3) is 17.7 Å². The van der Waals surface area contributed by atoms with E-state index in [0.717, 1.165) is 52.4 Å². The van der Waals surface area contributed by atoms with E-state index in [0.29, 0.717) is 39.3 Å². The van der Waals surface area contributed by atoms with Gasteiger partial charge in [0.15, 0.2) is 5.66 Å². The second-order valence-corrected chi connectivity index (χ2v) is 13.6. The quantitative estimate of drug-likeness (QED) is 0.278. The molecule has 10 nitrogen and oxygen atoms in total. The lowest BCUT2D eigenvalue weighted by Gasteiger charge is -2.40. The van der Waals surface area contributed by atoms with E-state index in [4.69, 9.17) is 23.2 Å². The van der Waals surface area contributed by atoms with E-state index in [1.807, 2.05) is 89.8 Å². The molecular formula is C36H30Cl2N6O4S. The number of halogens is 2. The predicted molar refractivity (Wildman–Crippen MR) is 187 cm³/mol. The molecule has 0 spiro atoms. The maximum absolute atomic E-state index is 13.5. The fourth-order valence-electron chi connectivity index (χ4n) is 7.62. The standard InChI is InChI=1S/C20H15ClN4O2S.C16H13ClN2O.H2O/c1-12-17(28-23-22-12)19(27)25-11-10-24-18(26)15-4-2-3-5-16(15)20(24,25)13-6-8-14(21)9-7-13;17-12-7-5-11(6-8-12)16-14-4-2-1-3-13(14)15(20)19(16)10-9-18-16;/h2-9H,10-11H2,1H3;1-8,18H,9-10H2;1H2. The summed E-state index contributed by atoms with van der Waals surface area (Å²) in [7, 11) is 0. The molecule has 248 valence electrons. The van der Waals surface area contributed by atoms with Crippen molar-refractivity contribution >= 4 is 52.5 Å². The van der Waals surface area contributed by atoms with E-state index >= 15 is 0 Å². The van der Waals surface area contributed by atoms with Crippen LogP contribution < -0.4 is 5.32 Å². The molecular weight excluding hydrogens is 683 g/mol. The average molecular weight is 714 g/mol. The van der Waals surface area contributed by atoms with Crippen LogP contribution in [0.25, 0.3) is 0 Å². The number of carbonyl (C=O) groups is 3. The van der Waals surface area contributed by atoms with Crippen molar-refractivity contribution in [1.82, 2.24) is 29.6 Å². The molecule has 5 aromatic rings. The lowest BCUT2D eigenvalue weighted by Crippen LogP contribution is -2.51. The Labute approximate surface area is 296 Å². The molecule has 4 aliphatic rings. The molecule has 2 fully saturated rings. The van der Waals surface area contributed by atoms with Crippen molar-refractivity contribution in [2.45, 2.75) is 18.2 Å². The Kier molecular flexibility index (Phi) is 8.28. The number of rotatable bonds is 3. The summed E-state index contributed by atoms with van der Waals surface area (Å²) in [5.41, 5.74) is 4.20. The van der Waals surface area contributed by atoms with Gasteiger partial charge < -0.3 is 20.2 Å². The van der Waals surface area contributed by atoms with Gasteiger partial charge in [0.1, 0.15) is 10.5 Å². The number of benzene rings is 4. The van der Waals surface area contributed by atoms with Gasteiger partial charge in [0.05, 0.1) is 5.69 Å². The van der Waals surface area contributed by atoms with Gasteiger partial charge >= 0.3 is 0 Å². The number of hydrogen-bond acceptors (Lipinski definition) is 7. The molecule has 3 amide bonds. The molecule has 0 saturated carbocycles. The molecule has 2 saturated heterocycles. The zero-order chi connectivity index (χ0) is 33.2. The summed E-state index contributed by atoms with van der Waals surface area (Å²) in [5, 5.41) is 8.80. The minimum Gasteiger partial charge on any atom is -0.412 e. The van der Waals surface area contributed by atoms with E-state index in [1.165, 1.54) is 0 Å². The van der Waals surface area contributed by atoms with Crippen molar-refractivity contribution in [3.8, 4) is 0 Å². The second kappa shape index (κ2) is 12.3. The smallest absolute Gasteiger partial charge is 0.269 e. The van der Waals surface area contributed by atoms with Crippen LogP contribution in [0, 0.1) is 6.92 Å². The summed E-state index contributed by atoms with van der Waals surface area (Å²) >= 11 is 13.2. The first-order valence-corrected chi connectivity index (χ1v) is 17.0. The summed E-state index contributed by atoms with van der Waals surface area (Å²) < 4.78 is 3.91. The van der Waals surface area contributed by atoms with E-state index in [-0.39, 0.29) is 23.2 Å². The van der Waals surface area contributed by atoms with Crippen LogP contribution in [0.4, 0.5) is 0 Å². The zero-order valence-corrected chi connectivity index (χ0v) is 28.5. The number of aromatic nitrogens is 2. The zero-order valence-electron chi connectivity index (χ0n) is 26.2. The summed E-state index contributed by atoms with van der Waals surface area (Å²) in [6.45, 7) is 4.16. The van der Waals surface area contributed by atoms with E-state index in [1.54, 1.807) is 28.9 Å². The molecule has 2 unspecified atom stereocenters. The monoisotopic (exact) mass is 712 g/mol. The van der Waals surface area contributed by atoms with Gasteiger partial charge in [0, 0.05) is 64.0 Å². The third-order valence-electron chi connectivity index (χ3n) is 9.62. The van der Waals surface area contributed by atoms with Crippen molar-refractivity contribution in [2.24, 2.45) is 0 Å². The highest BCUT2D eigenvalue weighted by molar-refractivity contribution is 7.08. The van der Waals surface area contributed by atoms with E-state index < -0.39 is 11.3 Å². The normalized spacial score (nSPS) is 21.4. The molecule has 0 aliphatic carbocycles.